The van der Waals surface area contributed by atoms with Crippen molar-refractivity contribution < 1.29 is 14.8 Å². The highest BCUT2D eigenvalue weighted by Gasteiger charge is 2.38. The minimum Gasteiger partial charge on any atom is -0.465 e. The number of nitrogens with two attached hydrogens (primary N) is 1. The fourth-order valence-electron chi connectivity index (χ4n) is 2.76. The number of esters is 1. The third-order valence-electron chi connectivity index (χ3n) is 3.81. The fraction of sp³-hybridized carbons (Fsp3) is 0.909. The number of quaternary nitrogens is 1. The van der Waals surface area contributed by atoms with Crippen LogP contribution in [0.15, 0.2) is 0 Å². The Bertz CT molecular complexity index is 245. The van der Waals surface area contributed by atoms with E-state index in [0.29, 0.717) is 18.6 Å². The summed E-state index contributed by atoms with van der Waals surface area (Å²) < 4.78 is 5.15. The summed E-state index contributed by atoms with van der Waals surface area (Å²) in [5.74, 6) is 0.618. The van der Waals surface area contributed by atoms with Crippen LogP contribution in [0.1, 0.15) is 19.8 Å². The molecule has 2 N–H and O–H groups in total. The Morgan fingerprint density at radius 2 is 2.40 bits per heavy atom. The van der Waals surface area contributed by atoms with Gasteiger partial charge in [0.2, 0.25) is 0 Å². The van der Waals surface area contributed by atoms with Gasteiger partial charge in [-0.3, -0.25) is 9.69 Å². The molecule has 0 saturated carbocycles. The average molecular weight is 213 g/mol. The van der Waals surface area contributed by atoms with Gasteiger partial charge in [0.15, 0.2) is 0 Å². The molecular weight excluding hydrogens is 192 g/mol. The van der Waals surface area contributed by atoms with Gasteiger partial charge in [-0.2, -0.15) is 0 Å². The summed E-state index contributed by atoms with van der Waals surface area (Å²) in [6.45, 7) is 4.97. The average Bonchev–Trinajstić information content (AvgIpc) is 2.76. The highest BCUT2D eigenvalue weighted by Crippen LogP contribution is 2.29. The van der Waals surface area contributed by atoms with Gasteiger partial charge < -0.3 is 10.1 Å². The monoisotopic (exact) mass is 213 g/mol. The summed E-state index contributed by atoms with van der Waals surface area (Å²) in [7, 11) is 2.16. The van der Waals surface area contributed by atoms with Gasteiger partial charge in [0, 0.05) is 5.92 Å². The number of nitrogens with zero attached hydrogens (tertiary/aromatic N) is 1. The molecule has 4 heteroatoms. The first-order chi connectivity index (χ1) is 7.22. The molecule has 3 atom stereocenters. The van der Waals surface area contributed by atoms with Crippen molar-refractivity contribution in [2.75, 3.05) is 26.9 Å². The highest BCUT2D eigenvalue weighted by molar-refractivity contribution is 5.74. The molecule has 86 valence electrons. The molecule has 1 unspecified atom stereocenters. The molecule has 0 amide bonds. The quantitative estimate of drug-likeness (QED) is 0.637. The summed E-state index contributed by atoms with van der Waals surface area (Å²) in [6, 6.07) is 0.624. The van der Waals surface area contributed by atoms with E-state index in [2.05, 4.69) is 24.2 Å². The maximum Gasteiger partial charge on any atom is 0.309 e. The second kappa shape index (κ2) is 4.49. The van der Waals surface area contributed by atoms with Crippen molar-refractivity contribution in [1.29, 1.82) is 0 Å². The Hall–Kier alpha value is -0.610. The van der Waals surface area contributed by atoms with E-state index in [1.54, 1.807) is 0 Å². The molecule has 2 fully saturated rings. The van der Waals surface area contributed by atoms with Crippen molar-refractivity contribution in [3.8, 4) is 0 Å². The standard InChI is InChI=1S/C11H20N2O2/c1-3-10-8(6-15-11(10)14)4-9-5-12-7-13(9)2/h8-10,12H,3-7H2,1-2H3/p+1/t8-,9?,10-/m1/s1. The molecule has 2 aliphatic heterocycles. The van der Waals surface area contributed by atoms with Crippen LogP contribution in [0, 0.1) is 11.8 Å². The molecule has 2 aliphatic rings. The highest BCUT2D eigenvalue weighted by atomic mass is 16.5. The number of ether oxygens (including phenoxy) is 1. The molecule has 0 aliphatic carbocycles. The first-order valence-electron chi connectivity index (χ1n) is 5.91. The zero-order valence-corrected chi connectivity index (χ0v) is 9.61. The van der Waals surface area contributed by atoms with Crippen molar-refractivity contribution in [2.24, 2.45) is 11.8 Å². The normalized spacial score (nSPS) is 37.2. The second-order valence-corrected chi connectivity index (χ2v) is 4.76. The molecule has 0 spiro atoms. The molecule has 0 bridgehead atoms. The van der Waals surface area contributed by atoms with Crippen molar-refractivity contribution >= 4 is 5.97 Å². The molecule has 0 aromatic carbocycles. The predicted molar refractivity (Wildman–Crippen MR) is 56.1 cm³/mol. The Morgan fingerprint density at radius 3 is 3.00 bits per heavy atom. The van der Waals surface area contributed by atoms with Gasteiger partial charge in [-0.05, 0) is 19.9 Å². The third kappa shape index (κ3) is 2.16. The van der Waals surface area contributed by atoms with Crippen LogP contribution in [-0.4, -0.2) is 43.8 Å². The van der Waals surface area contributed by atoms with Crippen molar-refractivity contribution in [2.45, 2.75) is 25.8 Å². The van der Waals surface area contributed by atoms with Gasteiger partial charge >= 0.3 is 5.97 Å². The Kier molecular flexibility index (Phi) is 3.26. The van der Waals surface area contributed by atoms with Crippen molar-refractivity contribution in [3.05, 3.63) is 0 Å². The topological polar surface area (TPSA) is 46.1 Å². The van der Waals surface area contributed by atoms with E-state index in [1.807, 2.05) is 0 Å². The van der Waals surface area contributed by atoms with E-state index in [4.69, 9.17) is 4.74 Å². The molecule has 0 aromatic heterocycles. The van der Waals surface area contributed by atoms with Gasteiger partial charge in [-0.25, -0.2) is 0 Å². The number of carbonyl (C=O) groups excluding carboxylic acids is 1. The van der Waals surface area contributed by atoms with Crippen LogP contribution in [-0.2, 0) is 9.53 Å². The van der Waals surface area contributed by atoms with E-state index in [0.717, 1.165) is 26.1 Å². The first kappa shape index (κ1) is 10.9. The number of carbonyl (C=O) groups is 1. The molecule has 0 radical (unpaired) electrons. The lowest BCUT2D eigenvalue weighted by Gasteiger charge is -2.20. The van der Waals surface area contributed by atoms with Gasteiger partial charge in [0.1, 0.15) is 6.67 Å². The Labute approximate surface area is 91.0 Å². The zero-order chi connectivity index (χ0) is 10.8. The van der Waals surface area contributed by atoms with Crippen LogP contribution < -0.4 is 5.32 Å². The van der Waals surface area contributed by atoms with Crippen LogP contribution in [0.4, 0.5) is 0 Å². The van der Waals surface area contributed by atoms with Crippen molar-refractivity contribution in [3.63, 3.8) is 0 Å². The van der Waals surface area contributed by atoms with Gasteiger partial charge in [0.25, 0.3) is 0 Å². The van der Waals surface area contributed by atoms with Crippen LogP contribution in [0.5, 0.6) is 0 Å². The fourth-order valence-corrected chi connectivity index (χ4v) is 2.76. The number of hydrogen-bond donors (Lipinski definition) is 1. The molecule has 2 heterocycles. The maximum atomic E-state index is 11.4. The van der Waals surface area contributed by atoms with E-state index >= 15 is 0 Å². The van der Waals surface area contributed by atoms with E-state index in [1.165, 1.54) is 0 Å². The predicted octanol–water partition coefficient (Wildman–Crippen LogP) is -0.589. The Balaban J connectivity index is 1.91. The maximum absolute atomic E-state index is 11.4. The van der Waals surface area contributed by atoms with Crippen molar-refractivity contribution in [1.82, 2.24) is 4.90 Å². The zero-order valence-electron chi connectivity index (χ0n) is 9.61. The van der Waals surface area contributed by atoms with Gasteiger partial charge in [-0.1, -0.05) is 6.92 Å². The largest absolute Gasteiger partial charge is 0.465 e. The summed E-state index contributed by atoms with van der Waals surface area (Å²) in [4.78, 5) is 13.8. The number of likely N-dealkylation sites (N-methyl/N-ethyl adjacent to an activating group) is 1. The van der Waals surface area contributed by atoms with Gasteiger partial charge in [0.05, 0.1) is 25.1 Å². The summed E-state index contributed by atoms with van der Waals surface area (Å²) in [6.07, 6.45) is 2.03. The van der Waals surface area contributed by atoms with E-state index < -0.39 is 0 Å². The lowest BCUT2D eigenvalue weighted by molar-refractivity contribution is -0.643. The minimum atomic E-state index is 0.0205. The third-order valence-corrected chi connectivity index (χ3v) is 3.81. The van der Waals surface area contributed by atoms with Crippen LogP contribution in [0.3, 0.4) is 0 Å². The minimum absolute atomic E-state index is 0.0205. The van der Waals surface area contributed by atoms with Crippen LogP contribution in [0.2, 0.25) is 0 Å². The smallest absolute Gasteiger partial charge is 0.309 e. The van der Waals surface area contributed by atoms with E-state index in [9.17, 15) is 4.79 Å². The summed E-state index contributed by atoms with van der Waals surface area (Å²) in [5, 5.41) is 2.32. The van der Waals surface area contributed by atoms with Crippen LogP contribution >= 0.6 is 0 Å². The number of rotatable bonds is 3. The number of cyclic esters (lactones) is 1. The SMILES string of the molecule is CC[C@H]1C(=O)OC[C@H]1CC1C[NH2+]CN1C. The molecular formula is C11H21N2O2+. The molecule has 4 nitrogen and oxygen atoms in total. The van der Waals surface area contributed by atoms with Gasteiger partial charge in [-0.15, -0.1) is 0 Å². The second-order valence-electron chi connectivity index (χ2n) is 4.76. The molecule has 0 aromatic rings. The lowest BCUT2D eigenvalue weighted by atomic mass is 9.87. The number of hydrogen-bond acceptors (Lipinski definition) is 3. The summed E-state index contributed by atoms with van der Waals surface area (Å²) in [5.41, 5.74) is 0. The molecule has 2 saturated heterocycles. The van der Waals surface area contributed by atoms with Crippen LogP contribution in [0.25, 0.3) is 0 Å². The first-order valence-corrected chi connectivity index (χ1v) is 5.91. The summed E-state index contributed by atoms with van der Waals surface area (Å²) >= 11 is 0. The lowest BCUT2D eigenvalue weighted by Crippen LogP contribution is -2.82. The molecule has 15 heavy (non-hydrogen) atoms. The van der Waals surface area contributed by atoms with E-state index in [-0.39, 0.29) is 11.9 Å². The molecule has 2 rings (SSSR count). The Morgan fingerprint density at radius 1 is 1.60 bits per heavy atom.